The largest absolute Gasteiger partial charge is 0.486 e. The molecule has 0 aromatic heterocycles. The normalized spacial score (nSPS) is 23.0. The molecular formula is C17H21NO4S. The Morgan fingerprint density at radius 1 is 1.35 bits per heavy atom. The van der Waals surface area contributed by atoms with Gasteiger partial charge in [0.25, 0.3) is 10.1 Å². The van der Waals surface area contributed by atoms with Crippen LogP contribution in [0.15, 0.2) is 46.9 Å². The molecule has 2 N–H and O–H groups in total. The first-order valence-corrected chi connectivity index (χ1v) is 9.07. The van der Waals surface area contributed by atoms with Crippen LogP contribution in [0.4, 0.5) is 5.69 Å². The van der Waals surface area contributed by atoms with Crippen LogP contribution >= 0.6 is 0 Å². The Kier molecular flexibility index (Phi) is 3.98. The lowest BCUT2D eigenvalue weighted by Gasteiger charge is -2.32. The summed E-state index contributed by atoms with van der Waals surface area (Å²) in [5, 5.41) is 3.30. The van der Waals surface area contributed by atoms with Gasteiger partial charge >= 0.3 is 0 Å². The molecule has 0 fully saturated rings. The molecule has 5 nitrogen and oxygen atoms in total. The van der Waals surface area contributed by atoms with E-state index in [1.807, 2.05) is 44.2 Å². The molecule has 0 amide bonds. The third kappa shape index (κ3) is 3.59. The minimum atomic E-state index is -4.22. The van der Waals surface area contributed by atoms with Crippen LogP contribution in [0, 0.1) is 5.41 Å². The van der Waals surface area contributed by atoms with Gasteiger partial charge in [-0.1, -0.05) is 32.1 Å². The molecule has 6 heteroatoms. The number of nitrogens with one attached hydrogen (secondary N) is 1. The SMILES string of the molecule is CC1(C)C=CC(S(=O)(=O)O)=C(C[C@H]2CNc3ccccc3O2)C1. The number of benzene rings is 1. The Morgan fingerprint density at radius 3 is 2.83 bits per heavy atom. The van der Waals surface area contributed by atoms with E-state index in [0.717, 1.165) is 11.4 Å². The average molecular weight is 335 g/mol. The molecule has 0 saturated heterocycles. The van der Waals surface area contributed by atoms with Crippen molar-refractivity contribution < 1.29 is 17.7 Å². The number of hydrogen-bond acceptors (Lipinski definition) is 4. The quantitative estimate of drug-likeness (QED) is 0.828. The first-order chi connectivity index (χ1) is 10.7. The fourth-order valence-electron chi connectivity index (χ4n) is 3.11. The van der Waals surface area contributed by atoms with Crippen LogP contribution in [0.2, 0.25) is 0 Å². The number of para-hydroxylation sites is 2. The highest BCUT2D eigenvalue weighted by Gasteiger charge is 2.30. The van der Waals surface area contributed by atoms with Gasteiger partial charge in [0.15, 0.2) is 0 Å². The number of anilines is 1. The van der Waals surface area contributed by atoms with Crippen molar-refractivity contribution in [1.82, 2.24) is 0 Å². The summed E-state index contributed by atoms with van der Waals surface area (Å²) in [6, 6.07) is 7.67. The van der Waals surface area contributed by atoms with Crippen molar-refractivity contribution in [3.63, 3.8) is 0 Å². The van der Waals surface area contributed by atoms with Crippen LogP contribution < -0.4 is 10.1 Å². The van der Waals surface area contributed by atoms with E-state index in [1.165, 1.54) is 6.08 Å². The summed E-state index contributed by atoms with van der Waals surface area (Å²) in [6.45, 7) is 4.68. The van der Waals surface area contributed by atoms with Gasteiger partial charge in [0.2, 0.25) is 0 Å². The van der Waals surface area contributed by atoms with Crippen molar-refractivity contribution in [2.45, 2.75) is 32.8 Å². The van der Waals surface area contributed by atoms with Crippen LogP contribution in [0.5, 0.6) is 5.75 Å². The van der Waals surface area contributed by atoms with Gasteiger partial charge in [-0.15, -0.1) is 0 Å². The lowest BCUT2D eigenvalue weighted by Crippen LogP contribution is -2.32. The highest BCUT2D eigenvalue weighted by atomic mass is 32.2. The molecule has 1 aromatic rings. The van der Waals surface area contributed by atoms with E-state index in [4.69, 9.17) is 4.74 Å². The molecule has 0 radical (unpaired) electrons. The first kappa shape index (κ1) is 16.1. The van der Waals surface area contributed by atoms with Crippen molar-refractivity contribution in [1.29, 1.82) is 0 Å². The zero-order valence-corrected chi connectivity index (χ0v) is 14.1. The fraction of sp³-hybridized carbons (Fsp3) is 0.412. The van der Waals surface area contributed by atoms with E-state index < -0.39 is 10.1 Å². The van der Waals surface area contributed by atoms with Crippen molar-refractivity contribution in [3.05, 3.63) is 46.9 Å². The van der Waals surface area contributed by atoms with Gasteiger partial charge in [-0.25, -0.2) is 0 Å². The molecule has 1 heterocycles. The van der Waals surface area contributed by atoms with Crippen LogP contribution in [0.25, 0.3) is 0 Å². The smallest absolute Gasteiger partial charge is 0.294 e. The summed E-state index contributed by atoms with van der Waals surface area (Å²) >= 11 is 0. The predicted octanol–water partition coefficient (Wildman–Crippen LogP) is 3.38. The summed E-state index contributed by atoms with van der Waals surface area (Å²) in [7, 11) is -4.22. The number of hydrogen-bond donors (Lipinski definition) is 2. The summed E-state index contributed by atoms with van der Waals surface area (Å²) in [6.07, 6.45) is 4.22. The molecule has 1 atom stereocenters. The molecule has 0 spiro atoms. The molecule has 2 aliphatic rings. The standard InChI is InChI=1S/C17H21NO4S/c1-17(2)8-7-16(23(19,20)21)12(10-17)9-13-11-18-14-5-3-4-6-15(14)22-13/h3-8,13,18H,9-11H2,1-2H3,(H,19,20,21)/t13-/m0/s1. The maximum atomic E-state index is 11.6. The second-order valence-corrected chi connectivity index (χ2v) is 8.15. The van der Waals surface area contributed by atoms with Crippen LogP contribution in [0.1, 0.15) is 26.7 Å². The summed E-state index contributed by atoms with van der Waals surface area (Å²) < 4.78 is 38.7. The Balaban J connectivity index is 1.85. The summed E-state index contributed by atoms with van der Waals surface area (Å²) in [5.41, 5.74) is 1.52. The minimum absolute atomic E-state index is 0.0132. The molecule has 23 heavy (non-hydrogen) atoms. The monoisotopic (exact) mass is 335 g/mol. The second kappa shape index (κ2) is 5.69. The maximum absolute atomic E-state index is 11.6. The molecule has 0 saturated carbocycles. The lowest BCUT2D eigenvalue weighted by molar-refractivity contribution is 0.202. The van der Waals surface area contributed by atoms with E-state index >= 15 is 0 Å². The van der Waals surface area contributed by atoms with Crippen molar-refractivity contribution in [2.75, 3.05) is 11.9 Å². The summed E-state index contributed by atoms with van der Waals surface area (Å²) in [5.74, 6) is 0.767. The first-order valence-electron chi connectivity index (χ1n) is 7.63. The number of ether oxygens (including phenoxy) is 1. The highest BCUT2D eigenvalue weighted by Crippen LogP contribution is 2.38. The van der Waals surface area contributed by atoms with E-state index in [9.17, 15) is 13.0 Å². The third-order valence-electron chi connectivity index (χ3n) is 4.16. The van der Waals surface area contributed by atoms with Gasteiger partial charge in [0.1, 0.15) is 11.9 Å². The highest BCUT2D eigenvalue weighted by molar-refractivity contribution is 7.90. The molecule has 1 aliphatic heterocycles. The van der Waals surface area contributed by atoms with Crippen molar-refractivity contribution in [2.24, 2.45) is 5.41 Å². The minimum Gasteiger partial charge on any atom is -0.486 e. The van der Waals surface area contributed by atoms with E-state index in [-0.39, 0.29) is 16.4 Å². The average Bonchev–Trinajstić information content (AvgIpc) is 2.45. The molecule has 1 aromatic carbocycles. The number of fused-ring (bicyclic) bond motifs is 1. The third-order valence-corrected chi connectivity index (χ3v) is 5.14. The van der Waals surface area contributed by atoms with Crippen LogP contribution in [-0.2, 0) is 10.1 Å². The zero-order chi connectivity index (χ0) is 16.7. The summed E-state index contributed by atoms with van der Waals surface area (Å²) in [4.78, 5) is 0.0132. The Hall–Kier alpha value is -1.79. The van der Waals surface area contributed by atoms with E-state index in [2.05, 4.69) is 5.32 Å². The van der Waals surface area contributed by atoms with Crippen LogP contribution in [0.3, 0.4) is 0 Å². The molecule has 0 unspecified atom stereocenters. The topological polar surface area (TPSA) is 75.6 Å². The Labute approximate surface area is 136 Å². The molecule has 3 rings (SSSR count). The number of allylic oxidation sites excluding steroid dienone is 2. The van der Waals surface area contributed by atoms with Gasteiger partial charge in [0, 0.05) is 6.42 Å². The molecular weight excluding hydrogens is 314 g/mol. The second-order valence-electron chi connectivity index (χ2n) is 6.76. The molecule has 0 bridgehead atoms. The fourth-order valence-corrected chi connectivity index (χ4v) is 3.87. The Morgan fingerprint density at radius 2 is 2.09 bits per heavy atom. The van der Waals surface area contributed by atoms with Crippen LogP contribution in [-0.4, -0.2) is 25.6 Å². The molecule has 1 aliphatic carbocycles. The van der Waals surface area contributed by atoms with E-state index in [0.29, 0.717) is 25.0 Å². The van der Waals surface area contributed by atoms with E-state index in [1.54, 1.807) is 0 Å². The molecule has 124 valence electrons. The van der Waals surface area contributed by atoms with Gasteiger partial charge in [-0.05, 0) is 35.6 Å². The number of rotatable bonds is 3. The maximum Gasteiger partial charge on any atom is 0.294 e. The van der Waals surface area contributed by atoms with Gasteiger partial charge < -0.3 is 10.1 Å². The zero-order valence-electron chi connectivity index (χ0n) is 13.2. The predicted molar refractivity (Wildman–Crippen MR) is 90.1 cm³/mol. The lowest BCUT2D eigenvalue weighted by atomic mass is 9.80. The van der Waals surface area contributed by atoms with Crippen molar-refractivity contribution in [3.8, 4) is 5.75 Å². The van der Waals surface area contributed by atoms with Gasteiger partial charge in [0.05, 0.1) is 17.1 Å². The van der Waals surface area contributed by atoms with Gasteiger partial charge in [-0.3, -0.25) is 4.55 Å². The van der Waals surface area contributed by atoms with Crippen molar-refractivity contribution >= 4 is 15.8 Å². The van der Waals surface area contributed by atoms with Gasteiger partial charge in [-0.2, -0.15) is 8.42 Å². The Bertz CT molecular complexity index is 778.